The van der Waals surface area contributed by atoms with Crippen molar-refractivity contribution in [2.75, 3.05) is 12.4 Å². The summed E-state index contributed by atoms with van der Waals surface area (Å²) in [7, 11) is -3.78. The Kier molecular flexibility index (Phi) is 7.22. The Bertz CT molecular complexity index is 1210. The van der Waals surface area contributed by atoms with Crippen LogP contribution in [0, 0.1) is 10.1 Å². The summed E-state index contributed by atoms with van der Waals surface area (Å²) in [6.45, 7) is 0. The minimum absolute atomic E-state index is 0. The molecule has 0 aliphatic heterocycles. The number of tetrazole rings is 1. The number of hydrogen-bond acceptors (Lipinski definition) is 8. The van der Waals surface area contributed by atoms with Gasteiger partial charge in [-0.1, -0.05) is 23.4 Å². The molecule has 0 bridgehead atoms. The van der Waals surface area contributed by atoms with Crippen LogP contribution >= 0.6 is 0 Å². The fraction of sp³-hybridized carbons (Fsp3) is 0.0667. The van der Waals surface area contributed by atoms with Crippen molar-refractivity contribution < 1.29 is 63.1 Å². The molecule has 0 saturated heterocycles. The predicted molar refractivity (Wildman–Crippen MR) is 96.4 cm³/mol. The van der Waals surface area contributed by atoms with Gasteiger partial charge in [-0.15, -0.1) is 4.68 Å². The zero-order valence-electron chi connectivity index (χ0n) is 16.6. The second kappa shape index (κ2) is 9.27. The molecule has 3 aromatic rings. The number of anilines is 1. The van der Waals surface area contributed by atoms with E-state index in [1.54, 1.807) is 30.3 Å². The van der Waals surface area contributed by atoms with E-state index in [0.717, 1.165) is 16.8 Å². The fourth-order valence-corrected chi connectivity index (χ4v) is 3.11. The van der Waals surface area contributed by atoms with Crippen LogP contribution in [0.5, 0.6) is 5.75 Å². The molecule has 2 aromatic carbocycles. The van der Waals surface area contributed by atoms with Crippen LogP contribution in [0.4, 0.5) is 11.4 Å². The smallest absolute Gasteiger partial charge is 1.00 e. The van der Waals surface area contributed by atoms with E-state index in [4.69, 9.17) is 4.74 Å². The zero-order chi connectivity index (χ0) is 21.2. The van der Waals surface area contributed by atoms with Gasteiger partial charge in [0.2, 0.25) is 0 Å². The quantitative estimate of drug-likeness (QED) is 0.123. The average molecular weight is 445 g/mol. The number of carbonyl (C=O) groups is 1. The molecule has 152 valence electrons. The number of rotatable bonds is 6. The normalized spacial score (nSPS) is 10.7. The van der Waals surface area contributed by atoms with Crippen LogP contribution in [0.2, 0.25) is 0 Å². The first-order valence-corrected chi connectivity index (χ1v) is 9.20. The molecule has 0 fully saturated rings. The van der Waals surface area contributed by atoms with Crippen LogP contribution in [-0.2, 0) is 10.1 Å². The van der Waals surface area contributed by atoms with Crippen molar-refractivity contribution in [3.63, 3.8) is 0 Å². The SMILES string of the molecule is COc1cc([N+](=O)[O-])c(S(=O)(=O)O)cc1-[n+]1[nH]nnc1C(=O)Nc1ccccc1.[H-].[Na+]. The summed E-state index contributed by atoms with van der Waals surface area (Å²) in [6, 6.07) is 9.98. The van der Waals surface area contributed by atoms with Gasteiger partial charge in [-0.05, 0) is 12.1 Å². The van der Waals surface area contributed by atoms with Crippen LogP contribution in [0.25, 0.3) is 5.69 Å². The van der Waals surface area contributed by atoms with Crippen molar-refractivity contribution in [3.05, 3.63) is 58.4 Å². The van der Waals surface area contributed by atoms with Crippen LogP contribution < -0.4 is 44.3 Å². The number of ether oxygens (including phenoxy) is 1. The van der Waals surface area contributed by atoms with E-state index >= 15 is 0 Å². The number of nitro benzene ring substituents is 1. The van der Waals surface area contributed by atoms with Crippen molar-refractivity contribution in [1.82, 2.24) is 15.5 Å². The first kappa shape index (κ1) is 23.4. The second-order valence-electron chi connectivity index (χ2n) is 5.50. The van der Waals surface area contributed by atoms with E-state index in [2.05, 4.69) is 20.8 Å². The average Bonchev–Trinajstić information content (AvgIpc) is 3.16. The standard InChI is InChI=1S/C15H12N6O7S.Na.H/c1-28-12-7-11(21(23)24)13(29(25,26)27)8-10(12)20-14(17-18-19-20)15(22)16-9-5-3-2-4-6-9;;/h2-8H,1H3,(H2,16,22,25,26,27);;/q;+1;-1/p+1. The first-order valence-electron chi connectivity index (χ1n) is 7.76. The van der Waals surface area contributed by atoms with Gasteiger partial charge in [0.1, 0.15) is 5.10 Å². The number of carbonyl (C=O) groups excluding carboxylic acids is 1. The minimum atomic E-state index is -4.96. The van der Waals surface area contributed by atoms with Crippen LogP contribution in [0.1, 0.15) is 12.0 Å². The zero-order valence-corrected chi connectivity index (χ0v) is 18.5. The number of amides is 1. The molecule has 0 saturated carbocycles. The molecule has 0 unspecified atom stereocenters. The van der Waals surface area contributed by atoms with E-state index in [1.807, 2.05) is 0 Å². The van der Waals surface area contributed by atoms with E-state index in [0.29, 0.717) is 5.69 Å². The Hall–Kier alpha value is -2.91. The molecule has 3 rings (SSSR count). The summed E-state index contributed by atoms with van der Waals surface area (Å²) in [6.07, 6.45) is 0. The second-order valence-corrected chi connectivity index (χ2v) is 6.89. The third-order valence-electron chi connectivity index (χ3n) is 3.71. The molecule has 0 radical (unpaired) electrons. The number of H-pyrrole nitrogens is 1. The number of aromatic amines is 1. The van der Waals surface area contributed by atoms with Gasteiger partial charge >= 0.3 is 51.4 Å². The molecule has 0 aliphatic carbocycles. The summed E-state index contributed by atoms with van der Waals surface area (Å²) in [5.74, 6) is -1.19. The third-order valence-corrected chi connectivity index (χ3v) is 4.59. The van der Waals surface area contributed by atoms with Crippen molar-refractivity contribution in [2.24, 2.45) is 0 Å². The number of hydrogen-bond donors (Lipinski definition) is 3. The molecule has 30 heavy (non-hydrogen) atoms. The van der Waals surface area contributed by atoms with Gasteiger partial charge in [-0.3, -0.25) is 19.5 Å². The number of nitrogens with one attached hydrogen (secondary N) is 2. The molecule has 15 heteroatoms. The van der Waals surface area contributed by atoms with E-state index in [9.17, 15) is 27.9 Å². The molecule has 0 atom stereocenters. The molecule has 1 aromatic heterocycles. The number of aromatic nitrogens is 4. The fourth-order valence-electron chi connectivity index (χ4n) is 2.46. The van der Waals surface area contributed by atoms with Gasteiger partial charge in [0.05, 0.1) is 18.1 Å². The minimum Gasteiger partial charge on any atom is -1.00 e. The third kappa shape index (κ3) is 4.80. The first-order chi connectivity index (χ1) is 13.7. The number of nitro groups is 1. The van der Waals surface area contributed by atoms with E-state index in [1.165, 1.54) is 7.11 Å². The van der Waals surface area contributed by atoms with Crippen LogP contribution in [0.15, 0.2) is 47.4 Å². The summed E-state index contributed by atoms with van der Waals surface area (Å²) >= 11 is 0. The maximum Gasteiger partial charge on any atom is 1.00 e. The van der Waals surface area contributed by atoms with E-state index in [-0.39, 0.29) is 48.2 Å². The monoisotopic (exact) mass is 445 g/mol. The number of para-hydroxylation sites is 1. The molecule has 1 amide bonds. The Morgan fingerprint density at radius 3 is 2.57 bits per heavy atom. The molecular weight excluding hydrogens is 431 g/mol. The van der Waals surface area contributed by atoms with Gasteiger partial charge in [-0.25, -0.2) is 0 Å². The maximum atomic E-state index is 12.6. The van der Waals surface area contributed by atoms with Crippen LogP contribution in [0.3, 0.4) is 0 Å². The molecule has 13 nitrogen and oxygen atoms in total. The van der Waals surface area contributed by atoms with Gasteiger partial charge in [0, 0.05) is 11.8 Å². The van der Waals surface area contributed by atoms with Gasteiger partial charge < -0.3 is 11.5 Å². The van der Waals surface area contributed by atoms with Crippen molar-refractivity contribution in [3.8, 4) is 11.4 Å². The number of benzene rings is 2. The van der Waals surface area contributed by atoms with Gasteiger partial charge in [0.25, 0.3) is 5.69 Å². The predicted octanol–water partition coefficient (Wildman–Crippen LogP) is -2.39. The largest absolute Gasteiger partial charge is 1.00 e. The van der Waals surface area contributed by atoms with Crippen molar-refractivity contribution in [1.29, 1.82) is 0 Å². The van der Waals surface area contributed by atoms with Gasteiger partial charge in [-0.2, -0.15) is 8.42 Å². The van der Waals surface area contributed by atoms with Crippen LogP contribution in [-0.4, -0.2) is 46.4 Å². The maximum absolute atomic E-state index is 12.6. The molecule has 0 spiro atoms. The van der Waals surface area contributed by atoms with Crippen molar-refractivity contribution in [2.45, 2.75) is 4.90 Å². The molecule has 1 heterocycles. The van der Waals surface area contributed by atoms with E-state index < -0.39 is 31.5 Å². The van der Waals surface area contributed by atoms with Crippen molar-refractivity contribution >= 4 is 27.4 Å². The van der Waals surface area contributed by atoms with Gasteiger partial charge in [0.15, 0.2) is 21.5 Å². The Morgan fingerprint density at radius 2 is 2.00 bits per heavy atom. The molecular formula is C15H14N6NaO7S+. The summed E-state index contributed by atoms with van der Waals surface area (Å²) in [5, 5.41) is 23.3. The molecule has 3 N–H and O–H groups in total. The summed E-state index contributed by atoms with van der Waals surface area (Å²) in [5.41, 5.74) is -0.605. The Balaban J connectivity index is 0.00000240. The Morgan fingerprint density at radius 1 is 1.33 bits per heavy atom. The molecule has 0 aliphatic rings. The Labute approximate surface area is 192 Å². The number of nitrogens with zero attached hydrogens (tertiary/aromatic N) is 4. The topological polar surface area (TPSA) is 181 Å². The summed E-state index contributed by atoms with van der Waals surface area (Å²) in [4.78, 5) is 21.8. The number of methoxy groups -OCH3 is 1. The summed E-state index contributed by atoms with van der Waals surface area (Å²) < 4.78 is 38.6.